The van der Waals surface area contributed by atoms with E-state index in [0.29, 0.717) is 18.8 Å². The second kappa shape index (κ2) is 7.12. The number of para-hydroxylation sites is 1. The van der Waals surface area contributed by atoms with E-state index >= 15 is 0 Å². The van der Waals surface area contributed by atoms with Crippen LogP contribution in [0.2, 0.25) is 0 Å². The molecular formula is C16H21NO3. The lowest BCUT2D eigenvalue weighted by Crippen LogP contribution is -2.21. The average molecular weight is 275 g/mol. The van der Waals surface area contributed by atoms with Crippen molar-refractivity contribution in [3.8, 4) is 5.75 Å². The van der Waals surface area contributed by atoms with Crippen LogP contribution in [0, 0.1) is 0 Å². The minimum atomic E-state index is -0.636. The molecule has 20 heavy (non-hydrogen) atoms. The molecule has 1 heterocycles. The van der Waals surface area contributed by atoms with Crippen LogP contribution >= 0.6 is 0 Å². The second-order valence-corrected chi connectivity index (χ2v) is 4.94. The summed E-state index contributed by atoms with van der Waals surface area (Å²) in [5.41, 5.74) is 1.08. The van der Waals surface area contributed by atoms with E-state index < -0.39 is 6.10 Å². The molecule has 108 valence electrons. The van der Waals surface area contributed by atoms with Crippen molar-refractivity contribution in [3.05, 3.63) is 54.0 Å². The number of rotatable bonds is 7. The summed E-state index contributed by atoms with van der Waals surface area (Å²) in [5, 5.41) is 13.1. The van der Waals surface area contributed by atoms with Crippen LogP contribution in [0.15, 0.2) is 47.1 Å². The number of furan rings is 1. The van der Waals surface area contributed by atoms with Crippen molar-refractivity contribution in [2.75, 3.05) is 6.54 Å². The summed E-state index contributed by atoms with van der Waals surface area (Å²) in [6, 6.07) is 11.4. The SMILES string of the molecule is CC(C)Oc1ccccc1CNCC(O)c1ccco1. The summed E-state index contributed by atoms with van der Waals surface area (Å²) in [6.07, 6.45) is 1.07. The quantitative estimate of drug-likeness (QED) is 0.816. The number of benzene rings is 1. The first kappa shape index (κ1) is 14.6. The van der Waals surface area contributed by atoms with E-state index in [1.807, 2.05) is 38.1 Å². The van der Waals surface area contributed by atoms with E-state index in [1.54, 1.807) is 18.4 Å². The van der Waals surface area contributed by atoms with Gasteiger partial charge in [0.25, 0.3) is 0 Å². The van der Waals surface area contributed by atoms with Gasteiger partial charge in [-0.05, 0) is 32.0 Å². The monoisotopic (exact) mass is 275 g/mol. The number of hydrogen-bond acceptors (Lipinski definition) is 4. The van der Waals surface area contributed by atoms with Crippen LogP contribution in [0.4, 0.5) is 0 Å². The Balaban J connectivity index is 1.88. The predicted molar refractivity (Wildman–Crippen MR) is 77.6 cm³/mol. The molecule has 1 aromatic heterocycles. The van der Waals surface area contributed by atoms with Gasteiger partial charge < -0.3 is 19.6 Å². The highest BCUT2D eigenvalue weighted by molar-refractivity contribution is 5.33. The third-order valence-corrected chi connectivity index (χ3v) is 2.86. The highest BCUT2D eigenvalue weighted by Crippen LogP contribution is 2.19. The third kappa shape index (κ3) is 4.11. The standard InChI is InChI=1S/C16H21NO3/c1-12(2)20-15-7-4-3-6-13(15)10-17-11-14(18)16-8-5-9-19-16/h3-9,12,14,17-18H,10-11H2,1-2H3. The summed E-state index contributed by atoms with van der Waals surface area (Å²) < 4.78 is 10.9. The molecule has 2 N–H and O–H groups in total. The number of nitrogens with one attached hydrogen (secondary N) is 1. The summed E-state index contributed by atoms with van der Waals surface area (Å²) in [5.74, 6) is 1.45. The molecule has 0 saturated carbocycles. The summed E-state index contributed by atoms with van der Waals surface area (Å²) in [7, 11) is 0. The largest absolute Gasteiger partial charge is 0.491 e. The van der Waals surface area contributed by atoms with Gasteiger partial charge in [0.2, 0.25) is 0 Å². The molecule has 1 unspecified atom stereocenters. The van der Waals surface area contributed by atoms with Gasteiger partial charge in [-0.1, -0.05) is 18.2 Å². The molecule has 0 spiro atoms. The van der Waals surface area contributed by atoms with Crippen molar-refractivity contribution in [2.45, 2.75) is 32.6 Å². The smallest absolute Gasteiger partial charge is 0.133 e. The van der Waals surface area contributed by atoms with Crippen molar-refractivity contribution in [1.82, 2.24) is 5.32 Å². The Labute approximate surface area is 119 Å². The van der Waals surface area contributed by atoms with Gasteiger partial charge in [0, 0.05) is 18.7 Å². The minimum Gasteiger partial charge on any atom is -0.491 e. The summed E-state index contributed by atoms with van der Waals surface area (Å²) in [4.78, 5) is 0. The Morgan fingerprint density at radius 2 is 2.00 bits per heavy atom. The lowest BCUT2D eigenvalue weighted by molar-refractivity contribution is 0.147. The third-order valence-electron chi connectivity index (χ3n) is 2.86. The predicted octanol–water partition coefficient (Wildman–Crippen LogP) is 2.89. The van der Waals surface area contributed by atoms with E-state index in [0.717, 1.165) is 11.3 Å². The second-order valence-electron chi connectivity index (χ2n) is 4.94. The van der Waals surface area contributed by atoms with E-state index in [-0.39, 0.29) is 6.10 Å². The van der Waals surface area contributed by atoms with Gasteiger partial charge in [-0.15, -0.1) is 0 Å². The summed E-state index contributed by atoms with van der Waals surface area (Å²) in [6.45, 7) is 5.08. The fraction of sp³-hybridized carbons (Fsp3) is 0.375. The normalized spacial score (nSPS) is 12.6. The lowest BCUT2D eigenvalue weighted by Gasteiger charge is -2.15. The van der Waals surface area contributed by atoms with Gasteiger partial charge in [0.1, 0.15) is 17.6 Å². The molecule has 0 radical (unpaired) electrons. The van der Waals surface area contributed by atoms with Crippen molar-refractivity contribution >= 4 is 0 Å². The first-order chi connectivity index (χ1) is 9.66. The van der Waals surface area contributed by atoms with Crippen LogP contribution in [0.3, 0.4) is 0 Å². The van der Waals surface area contributed by atoms with Gasteiger partial charge in [0.05, 0.1) is 12.4 Å². The van der Waals surface area contributed by atoms with Gasteiger partial charge >= 0.3 is 0 Å². The van der Waals surface area contributed by atoms with Gasteiger partial charge in [-0.3, -0.25) is 0 Å². The van der Waals surface area contributed by atoms with E-state index in [9.17, 15) is 5.11 Å². The van der Waals surface area contributed by atoms with Gasteiger partial charge in [-0.25, -0.2) is 0 Å². The van der Waals surface area contributed by atoms with Gasteiger partial charge in [-0.2, -0.15) is 0 Å². The number of hydrogen-bond donors (Lipinski definition) is 2. The van der Waals surface area contributed by atoms with Crippen LogP contribution in [0.5, 0.6) is 5.75 Å². The molecule has 0 aliphatic carbocycles. The molecule has 4 nitrogen and oxygen atoms in total. The van der Waals surface area contributed by atoms with Crippen LogP contribution in [0.25, 0.3) is 0 Å². The van der Waals surface area contributed by atoms with Crippen molar-refractivity contribution in [1.29, 1.82) is 0 Å². The van der Waals surface area contributed by atoms with Crippen LogP contribution in [-0.4, -0.2) is 17.8 Å². The van der Waals surface area contributed by atoms with Crippen molar-refractivity contribution < 1.29 is 14.3 Å². The Morgan fingerprint density at radius 1 is 1.20 bits per heavy atom. The van der Waals surface area contributed by atoms with Gasteiger partial charge in [0.15, 0.2) is 0 Å². The number of ether oxygens (including phenoxy) is 1. The number of aliphatic hydroxyl groups is 1. The maximum atomic E-state index is 9.91. The topological polar surface area (TPSA) is 54.6 Å². The van der Waals surface area contributed by atoms with E-state index in [4.69, 9.17) is 9.15 Å². The van der Waals surface area contributed by atoms with Crippen molar-refractivity contribution in [2.24, 2.45) is 0 Å². The molecule has 1 atom stereocenters. The maximum absolute atomic E-state index is 9.91. The minimum absolute atomic E-state index is 0.143. The lowest BCUT2D eigenvalue weighted by atomic mass is 10.2. The average Bonchev–Trinajstić information content (AvgIpc) is 2.94. The Morgan fingerprint density at radius 3 is 2.70 bits per heavy atom. The molecule has 0 bridgehead atoms. The molecule has 0 amide bonds. The molecular weight excluding hydrogens is 254 g/mol. The molecule has 2 rings (SSSR count). The molecule has 4 heteroatoms. The van der Waals surface area contributed by atoms with E-state index in [2.05, 4.69) is 5.32 Å². The molecule has 1 aromatic carbocycles. The fourth-order valence-corrected chi connectivity index (χ4v) is 1.94. The molecule has 0 fully saturated rings. The van der Waals surface area contributed by atoms with Crippen LogP contribution in [0.1, 0.15) is 31.3 Å². The van der Waals surface area contributed by atoms with Crippen LogP contribution in [-0.2, 0) is 6.54 Å². The first-order valence-electron chi connectivity index (χ1n) is 6.83. The molecule has 0 aliphatic heterocycles. The Bertz CT molecular complexity index is 508. The van der Waals surface area contributed by atoms with E-state index in [1.165, 1.54) is 0 Å². The summed E-state index contributed by atoms with van der Waals surface area (Å²) >= 11 is 0. The highest BCUT2D eigenvalue weighted by atomic mass is 16.5. The molecule has 0 saturated heterocycles. The number of aliphatic hydroxyl groups excluding tert-OH is 1. The Hall–Kier alpha value is -1.78. The zero-order chi connectivity index (χ0) is 14.4. The fourth-order valence-electron chi connectivity index (χ4n) is 1.94. The first-order valence-corrected chi connectivity index (χ1v) is 6.83. The van der Waals surface area contributed by atoms with Crippen LogP contribution < -0.4 is 10.1 Å². The highest BCUT2D eigenvalue weighted by Gasteiger charge is 2.10. The molecule has 2 aromatic rings. The maximum Gasteiger partial charge on any atom is 0.133 e. The zero-order valence-corrected chi connectivity index (χ0v) is 11.9. The zero-order valence-electron chi connectivity index (χ0n) is 11.9. The molecule has 0 aliphatic rings. The van der Waals surface area contributed by atoms with Crippen molar-refractivity contribution in [3.63, 3.8) is 0 Å². The Kier molecular flexibility index (Phi) is 5.21.